The quantitative estimate of drug-likeness (QED) is 0.129. The number of hydrogen-bond donors (Lipinski definition) is 1. The third-order valence-corrected chi connectivity index (χ3v) is 7.17. The first-order valence-corrected chi connectivity index (χ1v) is 14.1. The van der Waals surface area contributed by atoms with Crippen LogP contribution in [0.4, 0.5) is 11.4 Å². The Morgan fingerprint density at radius 3 is 2.41 bits per heavy atom. The Balaban J connectivity index is 1.48. The van der Waals surface area contributed by atoms with E-state index in [1.165, 1.54) is 37.3 Å². The van der Waals surface area contributed by atoms with Gasteiger partial charge in [0.25, 0.3) is 5.69 Å². The zero-order chi connectivity index (χ0) is 31.8. The van der Waals surface area contributed by atoms with Gasteiger partial charge in [-0.2, -0.15) is 0 Å². The minimum absolute atomic E-state index is 0.0242. The zero-order valence-corrected chi connectivity index (χ0v) is 24.6. The van der Waals surface area contributed by atoms with Crippen molar-refractivity contribution < 1.29 is 43.0 Å². The van der Waals surface area contributed by atoms with E-state index < -0.39 is 34.7 Å². The number of anilines is 1. The third kappa shape index (κ3) is 7.92. The molecule has 2 aliphatic heterocycles. The van der Waals surface area contributed by atoms with Gasteiger partial charge in [0, 0.05) is 48.7 Å². The van der Waals surface area contributed by atoms with Crippen LogP contribution in [0.25, 0.3) is 0 Å². The molecule has 232 valence electrons. The SMILES string of the molecule is CC(=O)Nc1ccc(C(=O)OCCOC(=O)C2C(C)=NC(C)=C(C(=O)OC[C@H]3CCCO3)[C@H]2c2cccc([N+](=O)[O-])c2)cc1. The standard InChI is InChI=1S/C31H33N3O10/c1-18-26(30(37)43-15-14-42-29(36)21-9-11-23(12-10-21)33-20(3)35)28(22-6-4-7-24(16-22)34(39)40)27(19(2)32-18)31(38)44-17-25-8-5-13-41-25/h4,6-7,9-12,16,25-26,28H,5,8,13-15,17H2,1-3H3,(H,33,35)/t25-,26?,28+/m1/s1. The van der Waals surface area contributed by atoms with Crippen LogP contribution in [-0.4, -0.2) is 67.0 Å². The number of nitrogens with one attached hydrogen (secondary N) is 1. The number of esters is 3. The fourth-order valence-electron chi connectivity index (χ4n) is 5.16. The predicted octanol–water partition coefficient (Wildman–Crippen LogP) is 4.12. The van der Waals surface area contributed by atoms with Crippen LogP contribution in [0.15, 0.2) is 64.8 Å². The summed E-state index contributed by atoms with van der Waals surface area (Å²) < 4.78 is 21.8. The van der Waals surface area contributed by atoms with E-state index in [4.69, 9.17) is 18.9 Å². The molecule has 0 aliphatic carbocycles. The summed E-state index contributed by atoms with van der Waals surface area (Å²) >= 11 is 0. The van der Waals surface area contributed by atoms with Crippen LogP contribution in [-0.2, 0) is 33.3 Å². The van der Waals surface area contributed by atoms with E-state index in [0.717, 1.165) is 12.8 Å². The average molecular weight is 608 g/mol. The van der Waals surface area contributed by atoms with Crippen LogP contribution < -0.4 is 5.32 Å². The Bertz CT molecular complexity index is 1490. The van der Waals surface area contributed by atoms with Gasteiger partial charge < -0.3 is 24.3 Å². The molecule has 0 bridgehead atoms. The molecule has 0 aromatic heterocycles. The second-order valence-electron chi connectivity index (χ2n) is 10.4. The molecule has 1 saturated heterocycles. The van der Waals surface area contributed by atoms with Crippen LogP contribution in [0.3, 0.4) is 0 Å². The van der Waals surface area contributed by atoms with Crippen LogP contribution in [0, 0.1) is 16.0 Å². The van der Waals surface area contributed by atoms with Crippen LogP contribution in [0.5, 0.6) is 0 Å². The van der Waals surface area contributed by atoms with Crippen molar-refractivity contribution in [3.63, 3.8) is 0 Å². The smallest absolute Gasteiger partial charge is 0.338 e. The van der Waals surface area contributed by atoms with E-state index in [-0.39, 0.29) is 48.7 Å². The van der Waals surface area contributed by atoms with Crippen molar-refractivity contribution in [3.05, 3.63) is 81.0 Å². The number of ether oxygens (including phenoxy) is 4. The fraction of sp³-hybridized carbons (Fsp3) is 0.387. The van der Waals surface area contributed by atoms with Crippen molar-refractivity contribution in [1.29, 1.82) is 0 Å². The number of hydrogen-bond acceptors (Lipinski definition) is 11. The summed E-state index contributed by atoms with van der Waals surface area (Å²) in [7, 11) is 0. The molecular formula is C31H33N3O10. The van der Waals surface area contributed by atoms with Crippen LogP contribution >= 0.6 is 0 Å². The minimum atomic E-state index is -1.11. The van der Waals surface area contributed by atoms with Gasteiger partial charge in [0.1, 0.15) is 25.7 Å². The number of nitro groups is 1. The summed E-state index contributed by atoms with van der Waals surface area (Å²) in [6.45, 7) is 4.65. The average Bonchev–Trinajstić information content (AvgIpc) is 3.51. The fourth-order valence-corrected chi connectivity index (χ4v) is 5.16. The van der Waals surface area contributed by atoms with Crippen LogP contribution in [0.1, 0.15) is 55.5 Å². The largest absolute Gasteiger partial charge is 0.462 e. The lowest BCUT2D eigenvalue weighted by atomic mass is 9.75. The lowest BCUT2D eigenvalue weighted by Gasteiger charge is -2.31. The van der Waals surface area contributed by atoms with E-state index in [2.05, 4.69) is 10.3 Å². The normalized spacial score (nSPS) is 19.5. The van der Waals surface area contributed by atoms with Crippen molar-refractivity contribution in [2.75, 3.05) is 31.7 Å². The van der Waals surface area contributed by atoms with Crippen molar-refractivity contribution >= 4 is 40.9 Å². The lowest BCUT2D eigenvalue weighted by molar-refractivity contribution is -0.384. The first-order chi connectivity index (χ1) is 21.0. The van der Waals surface area contributed by atoms with Gasteiger partial charge in [-0.3, -0.25) is 24.7 Å². The number of rotatable bonds is 11. The van der Waals surface area contributed by atoms with Gasteiger partial charge in [0.15, 0.2) is 0 Å². The molecule has 13 nitrogen and oxygen atoms in total. The summed E-state index contributed by atoms with van der Waals surface area (Å²) in [4.78, 5) is 65.9. The molecule has 2 aromatic rings. The van der Waals surface area contributed by atoms with E-state index in [0.29, 0.717) is 29.3 Å². The number of carbonyl (C=O) groups is 4. The number of amides is 1. The Morgan fingerprint density at radius 2 is 1.75 bits per heavy atom. The first-order valence-electron chi connectivity index (χ1n) is 14.1. The number of carbonyl (C=O) groups excluding carboxylic acids is 4. The number of nitrogens with zero attached hydrogens (tertiary/aromatic N) is 2. The van der Waals surface area contributed by atoms with Crippen molar-refractivity contribution in [2.24, 2.45) is 10.9 Å². The van der Waals surface area contributed by atoms with Crippen molar-refractivity contribution in [2.45, 2.75) is 45.6 Å². The summed E-state index contributed by atoms with van der Waals surface area (Å²) in [5.74, 6) is -4.46. The minimum Gasteiger partial charge on any atom is -0.462 e. The second-order valence-corrected chi connectivity index (χ2v) is 10.4. The molecule has 2 aromatic carbocycles. The number of allylic oxidation sites excluding steroid dienone is 1. The summed E-state index contributed by atoms with van der Waals surface area (Å²) in [5, 5.41) is 14.1. The number of aliphatic imine (C=N–C) groups is 1. The Kier molecular flexibility index (Phi) is 10.6. The highest BCUT2D eigenvalue weighted by atomic mass is 16.6. The monoisotopic (exact) mass is 607 g/mol. The molecule has 13 heteroatoms. The molecule has 3 atom stereocenters. The highest BCUT2D eigenvalue weighted by Gasteiger charge is 2.43. The van der Waals surface area contributed by atoms with Crippen molar-refractivity contribution in [1.82, 2.24) is 0 Å². The Hall–Kier alpha value is -4.91. The van der Waals surface area contributed by atoms with Gasteiger partial charge in [0.05, 0.1) is 22.2 Å². The molecule has 1 fully saturated rings. The van der Waals surface area contributed by atoms with Gasteiger partial charge in [-0.25, -0.2) is 9.59 Å². The summed E-state index contributed by atoms with van der Waals surface area (Å²) in [6, 6.07) is 11.8. The molecule has 1 N–H and O–H groups in total. The maximum atomic E-state index is 13.5. The highest BCUT2D eigenvalue weighted by molar-refractivity contribution is 6.07. The van der Waals surface area contributed by atoms with Gasteiger partial charge in [-0.05, 0) is 56.5 Å². The topological polar surface area (TPSA) is 173 Å². The van der Waals surface area contributed by atoms with E-state index >= 15 is 0 Å². The van der Waals surface area contributed by atoms with Crippen molar-refractivity contribution in [3.8, 4) is 0 Å². The third-order valence-electron chi connectivity index (χ3n) is 7.17. The number of nitro benzene ring substituents is 1. The molecule has 44 heavy (non-hydrogen) atoms. The molecule has 0 radical (unpaired) electrons. The van der Waals surface area contributed by atoms with E-state index in [1.807, 2.05) is 0 Å². The Labute approximate surface area is 253 Å². The molecule has 1 unspecified atom stereocenters. The molecule has 1 amide bonds. The van der Waals surface area contributed by atoms with Gasteiger partial charge >= 0.3 is 17.9 Å². The predicted molar refractivity (Wildman–Crippen MR) is 157 cm³/mol. The molecule has 2 aliphatic rings. The molecular weight excluding hydrogens is 574 g/mol. The zero-order valence-electron chi connectivity index (χ0n) is 24.6. The molecule has 0 saturated carbocycles. The number of non-ortho nitro benzene ring substituents is 1. The maximum absolute atomic E-state index is 13.5. The van der Waals surface area contributed by atoms with Gasteiger partial charge in [0.2, 0.25) is 5.91 Å². The summed E-state index contributed by atoms with van der Waals surface area (Å²) in [5.41, 5.74) is 1.63. The first kappa shape index (κ1) is 32.0. The van der Waals surface area contributed by atoms with Gasteiger partial charge in [-0.15, -0.1) is 0 Å². The molecule has 0 spiro atoms. The van der Waals surface area contributed by atoms with Gasteiger partial charge in [-0.1, -0.05) is 12.1 Å². The van der Waals surface area contributed by atoms with Crippen LogP contribution in [0.2, 0.25) is 0 Å². The summed E-state index contributed by atoms with van der Waals surface area (Å²) in [6.07, 6.45) is 1.37. The molecule has 2 heterocycles. The van der Waals surface area contributed by atoms with E-state index in [9.17, 15) is 29.3 Å². The van der Waals surface area contributed by atoms with E-state index in [1.54, 1.807) is 32.0 Å². The molecule has 4 rings (SSSR count). The Morgan fingerprint density at radius 1 is 1.02 bits per heavy atom. The highest BCUT2D eigenvalue weighted by Crippen LogP contribution is 2.41. The maximum Gasteiger partial charge on any atom is 0.338 e. The lowest BCUT2D eigenvalue weighted by Crippen LogP contribution is -2.37. The second kappa shape index (κ2) is 14.5. The number of benzene rings is 2.